The van der Waals surface area contributed by atoms with E-state index in [0.717, 1.165) is 4.90 Å². The van der Waals surface area contributed by atoms with Gasteiger partial charge in [0, 0.05) is 0 Å². The molecule has 30 heavy (non-hydrogen) atoms. The van der Waals surface area contributed by atoms with Gasteiger partial charge in [0.15, 0.2) is 0 Å². The van der Waals surface area contributed by atoms with E-state index in [2.05, 4.69) is 4.98 Å². The molecular weight excluding hydrogens is 385 g/mol. The van der Waals surface area contributed by atoms with Gasteiger partial charge in [-0.1, -0.05) is 24.3 Å². The third-order valence-corrected chi connectivity index (χ3v) is 5.11. The molecule has 0 fully saturated rings. The zero-order chi connectivity index (χ0) is 20.8. The first-order valence-electron chi connectivity index (χ1n) is 9.26. The van der Waals surface area contributed by atoms with Crippen LogP contribution in [0.1, 0.15) is 26.5 Å². The molecule has 0 saturated carbocycles. The number of benzene rings is 3. The van der Waals surface area contributed by atoms with Gasteiger partial charge in [-0.2, -0.15) is 0 Å². The van der Waals surface area contributed by atoms with Crippen molar-refractivity contribution in [3.63, 3.8) is 0 Å². The van der Waals surface area contributed by atoms with Crippen LogP contribution in [0.5, 0.6) is 0 Å². The molecule has 0 atom stereocenters. The zero-order valence-electron chi connectivity index (χ0n) is 15.6. The van der Waals surface area contributed by atoms with Crippen LogP contribution in [-0.2, 0) is 6.54 Å². The topological polar surface area (TPSA) is 72.3 Å². The van der Waals surface area contributed by atoms with Gasteiger partial charge in [-0.3, -0.25) is 23.9 Å². The molecule has 0 saturated heterocycles. The van der Waals surface area contributed by atoms with E-state index in [-0.39, 0.29) is 17.9 Å². The van der Waals surface area contributed by atoms with Crippen molar-refractivity contribution in [1.29, 1.82) is 0 Å². The van der Waals surface area contributed by atoms with Crippen LogP contribution in [0.2, 0.25) is 0 Å². The normalized spacial score (nSPS) is 13.2. The lowest BCUT2D eigenvalue weighted by Crippen LogP contribution is -2.33. The molecule has 5 rings (SSSR count). The molecular formula is C23H14FN3O3. The summed E-state index contributed by atoms with van der Waals surface area (Å²) in [6.45, 7) is -0.191. The number of aromatic nitrogens is 2. The molecule has 2 heterocycles. The van der Waals surface area contributed by atoms with Crippen molar-refractivity contribution in [2.24, 2.45) is 0 Å². The van der Waals surface area contributed by atoms with Crippen molar-refractivity contribution in [1.82, 2.24) is 14.5 Å². The summed E-state index contributed by atoms with van der Waals surface area (Å²) in [5.41, 5.74) is 1.12. The first-order valence-corrected chi connectivity index (χ1v) is 9.26. The van der Waals surface area contributed by atoms with E-state index in [1.54, 1.807) is 48.5 Å². The Bertz CT molecular complexity index is 1360. The maximum atomic E-state index is 13.4. The molecule has 0 aliphatic carbocycles. The number of nitrogens with zero attached hydrogens (tertiary/aromatic N) is 3. The van der Waals surface area contributed by atoms with Crippen LogP contribution in [0.3, 0.4) is 0 Å². The lowest BCUT2D eigenvalue weighted by atomic mass is 10.1. The van der Waals surface area contributed by atoms with E-state index in [1.807, 2.05) is 0 Å². The van der Waals surface area contributed by atoms with E-state index < -0.39 is 17.6 Å². The highest BCUT2D eigenvalue weighted by atomic mass is 19.1. The van der Waals surface area contributed by atoms with Gasteiger partial charge < -0.3 is 0 Å². The molecule has 0 spiro atoms. The molecule has 1 aromatic heterocycles. The molecule has 146 valence electrons. The maximum absolute atomic E-state index is 13.4. The summed E-state index contributed by atoms with van der Waals surface area (Å²) in [7, 11) is 0. The smallest absolute Gasteiger partial charge is 0.266 e. The summed E-state index contributed by atoms with van der Waals surface area (Å²) in [5.74, 6) is -1.12. The number of imide groups is 1. The Morgan fingerprint density at radius 3 is 2.03 bits per heavy atom. The van der Waals surface area contributed by atoms with Gasteiger partial charge in [-0.25, -0.2) is 9.37 Å². The average Bonchev–Trinajstić information content (AvgIpc) is 3.00. The first kappa shape index (κ1) is 17.9. The molecule has 0 bridgehead atoms. The van der Waals surface area contributed by atoms with Crippen molar-refractivity contribution in [3.8, 4) is 5.69 Å². The fraction of sp³-hybridized carbons (Fsp3) is 0.0435. The van der Waals surface area contributed by atoms with Crippen molar-refractivity contribution in [2.75, 3.05) is 0 Å². The van der Waals surface area contributed by atoms with Crippen LogP contribution < -0.4 is 5.56 Å². The predicted molar refractivity (Wildman–Crippen MR) is 108 cm³/mol. The van der Waals surface area contributed by atoms with Gasteiger partial charge >= 0.3 is 0 Å². The van der Waals surface area contributed by atoms with Crippen molar-refractivity contribution in [2.45, 2.75) is 6.54 Å². The number of para-hydroxylation sites is 1. The van der Waals surface area contributed by atoms with E-state index >= 15 is 0 Å². The Morgan fingerprint density at radius 1 is 0.767 bits per heavy atom. The standard InChI is InChI=1S/C23H14FN3O3/c24-14-9-11-15(12-10-14)27-20(25-19-8-4-3-7-18(19)23(27)30)13-26-21(28)16-5-1-2-6-17(16)22(26)29/h1-12H,13H2. The van der Waals surface area contributed by atoms with Crippen LogP contribution in [0.15, 0.2) is 77.6 Å². The number of carbonyl (C=O) groups excluding carboxylic acids is 2. The van der Waals surface area contributed by atoms with Crippen LogP contribution in [-0.4, -0.2) is 26.3 Å². The van der Waals surface area contributed by atoms with E-state index in [0.29, 0.717) is 27.7 Å². The number of carbonyl (C=O) groups is 2. The second kappa shape index (κ2) is 6.73. The summed E-state index contributed by atoms with van der Waals surface area (Å²) < 4.78 is 14.7. The molecule has 2 amide bonds. The second-order valence-corrected chi connectivity index (χ2v) is 6.90. The number of rotatable bonds is 3. The Labute approximate surface area is 169 Å². The number of fused-ring (bicyclic) bond motifs is 2. The van der Waals surface area contributed by atoms with E-state index in [4.69, 9.17) is 0 Å². The number of amides is 2. The Balaban J connectivity index is 1.68. The number of hydrogen-bond acceptors (Lipinski definition) is 4. The minimum atomic E-state index is -0.442. The molecule has 6 nitrogen and oxygen atoms in total. The molecule has 1 aliphatic rings. The number of halogens is 1. The highest BCUT2D eigenvalue weighted by Gasteiger charge is 2.36. The van der Waals surface area contributed by atoms with Gasteiger partial charge in [0.05, 0.1) is 34.3 Å². The highest BCUT2D eigenvalue weighted by Crippen LogP contribution is 2.24. The molecule has 0 radical (unpaired) electrons. The SMILES string of the molecule is O=C1c2ccccc2C(=O)N1Cc1nc2ccccc2c(=O)n1-c1ccc(F)cc1. The summed E-state index contributed by atoms with van der Waals surface area (Å²) in [5, 5.41) is 0.382. The minimum absolute atomic E-state index is 0.191. The number of hydrogen-bond donors (Lipinski definition) is 0. The average molecular weight is 399 g/mol. The van der Waals surface area contributed by atoms with E-state index in [9.17, 15) is 18.8 Å². The van der Waals surface area contributed by atoms with Gasteiger partial charge in [0.1, 0.15) is 11.6 Å². The summed E-state index contributed by atoms with van der Waals surface area (Å²) in [4.78, 5) is 44.4. The fourth-order valence-corrected chi connectivity index (χ4v) is 3.67. The van der Waals surface area contributed by atoms with Crippen molar-refractivity contribution >= 4 is 22.7 Å². The molecule has 4 aromatic rings. The van der Waals surface area contributed by atoms with Crippen LogP contribution in [0.4, 0.5) is 4.39 Å². The fourth-order valence-electron chi connectivity index (χ4n) is 3.67. The predicted octanol–water partition coefficient (Wildman–Crippen LogP) is 3.32. The van der Waals surface area contributed by atoms with Gasteiger partial charge in [0.2, 0.25) is 0 Å². The molecule has 3 aromatic carbocycles. The van der Waals surface area contributed by atoms with Gasteiger partial charge in [-0.15, -0.1) is 0 Å². The quantitative estimate of drug-likeness (QED) is 0.496. The second-order valence-electron chi connectivity index (χ2n) is 6.90. The Morgan fingerprint density at radius 2 is 1.37 bits per heavy atom. The first-order chi connectivity index (χ1) is 14.5. The molecule has 0 unspecified atom stereocenters. The third kappa shape index (κ3) is 2.71. The summed E-state index contributed by atoms with van der Waals surface area (Å²) in [6.07, 6.45) is 0. The summed E-state index contributed by atoms with van der Waals surface area (Å²) >= 11 is 0. The maximum Gasteiger partial charge on any atom is 0.266 e. The van der Waals surface area contributed by atoms with Crippen LogP contribution in [0.25, 0.3) is 16.6 Å². The van der Waals surface area contributed by atoms with Crippen LogP contribution >= 0.6 is 0 Å². The van der Waals surface area contributed by atoms with E-state index in [1.165, 1.54) is 28.8 Å². The molecule has 1 aliphatic heterocycles. The third-order valence-electron chi connectivity index (χ3n) is 5.11. The Hall–Kier alpha value is -4.13. The lowest BCUT2D eigenvalue weighted by Gasteiger charge is -2.18. The van der Waals surface area contributed by atoms with Crippen molar-refractivity contribution < 1.29 is 14.0 Å². The van der Waals surface area contributed by atoms with Crippen molar-refractivity contribution in [3.05, 3.63) is 106 Å². The lowest BCUT2D eigenvalue weighted by molar-refractivity contribution is 0.0637. The highest BCUT2D eigenvalue weighted by molar-refractivity contribution is 6.21. The molecule has 7 heteroatoms. The zero-order valence-corrected chi connectivity index (χ0v) is 15.6. The Kier molecular flexibility index (Phi) is 4.03. The van der Waals surface area contributed by atoms with Crippen LogP contribution in [0, 0.1) is 5.82 Å². The van der Waals surface area contributed by atoms with Gasteiger partial charge in [0.25, 0.3) is 17.4 Å². The minimum Gasteiger partial charge on any atom is -0.269 e. The largest absolute Gasteiger partial charge is 0.269 e. The summed E-state index contributed by atoms with van der Waals surface area (Å²) in [6, 6.07) is 18.8. The van der Waals surface area contributed by atoms with Gasteiger partial charge in [-0.05, 0) is 48.5 Å². The molecule has 0 N–H and O–H groups in total. The monoisotopic (exact) mass is 399 g/mol.